The summed E-state index contributed by atoms with van der Waals surface area (Å²) in [6.45, 7) is 8.34. The van der Waals surface area contributed by atoms with Crippen molar-refractivity contribution in [2.24, 2.45) is 0 Å². The van der Waals surface area contributed by atoms with Crippen molar-refractivity contribution in [2.45, 2.75) is 44.2 Å². The van der Waals surface area contributed by atoms with Crippen LogP contribution in [0.15, 0.2) is 4.52 Å². The monoisotopic (exact) mass is 292 g/mol. The van der Waals surface area contributed by atoms with Gasteiger partial charge in [0, 0.05) is 39.3 Å². The van der Waals surface area contributed by atoms with Gasteiger partial charge in [-0.15, -0.1) is 0 Å². The number of hydrogen-bond acceptors (Lipinski definition) is 6. The van der Waals surface area contributed by atoms with Gasteiger partial charge in [-0.3, -0.25) is 9.80 Å². The Morgan fingerprint density at radius 3 is 2.62 bits per heavy atom. The number of nitrogens with zero attached hydrogens (tertiary/aromatic N) is 4. The van der Waals surface area contributed by atoms with Crippen molar-refractivity contribution in [2.75, 3.05) is 39.3 Å². The molecule has 21 heavy (non-hydrogen) atoms. The zero-order valence-electron chi connectivity index (χ0n) is 12.8. The molecule has 1 aliphatic carbocycles. The summed E-state index contributed by atoms with van der Waals surface area (Å²) in [5, 5.41) is 4.30. The average molecular weight is 292 g/mol. The molecule has 0 radical (unpaired) electrons. The number of piperazine rings is 3. The Bertz CT molecular complexity index is 490. The first-order chi connectivity index (χ1) is 10.3. The molecule has 0 N–H and O–H groups in total. The van der Waals surface area contributed by atoms with Crippen molar-refractivity contribution >= 4 is 0 Å². The van der Waals surface area contributed by atoms with E-state index in [-0.39, 0.29) is 5.60 Å². The van der Waals surface area contributed by atoms with E-state index in [0.29, 0.717) is 18.5 Å². The standard InChI is InChI=1S/C15H24N4O2/c1-2-20-15(5-3-4-6-15)14-16-13(17-21-14)12-11-18-7-9-19(12)10-8-18/h12H,2-11H2,1H3/t12-/m0/s1. The fourth-order valence-corrected chi connectivity index (χ4v) is 4.06. The van der Waals surface area contributed by atoms with Crippen molar-refractivity contribution in [3.8, 4) is 0 Å². The number of aromatic nitrogens is 2. The summed E-state index contributed by atoms with van der Waals surface area (Å²) in [5.41, 5.74) is -0.316. The number of fused-ring (bicyclic) bond motifs is 3. The molecular weight excluding hydrogens is 268 g/mol. The minimum atomic E-state index is -0.316. The van der Waals surface area contributed by atoms with E-state index in [1.807, 2.05) is 6.92 Å². The maximum Gasteiger partial charge on any atom is 0.258 e. The van der Waals surface area contributed by atoms with Crippen LogP contribution in [-0.4, -0.2) is 59.3 Å². The Labute approximate surface area is 125 Å². The maximum absolute atomic E-state index is 6.02. The van der Waals surface area contributed by atoms with Crippen LogP contribution < -0.4 is 0 Å². The summed E-state index contributed by atoms with van der Waals surface area (Å²) in [5.74, 6) is 1.55. The molecule has 0 unspecified atom stereocenters. The predicted molar refractivity (Wildman–Crippen MR) is 76.8 cm³/mol. The molecule has 4 aliphatic rings. The average Bonchev–Trinajstić information content (AvgIpc) is 3.18. The van der Waals surface area contributed by atoms with Gasteiger partial charge >= 0.3 is 0 Å². The van der Waals surface area contributed by atoms with E-state index in [2.05, 4.69) is 15.0 Å². The third-order valence-electron chi connectivity index (χ3n) is 5.24. The van der Waals surface area contributed by atoms with Crippen molar-refractivity contribution in [3.63, 3.8) is 0 Å². The Balaban J connectivity index is 1.58. The summed E-state index contributed by atoms with van der Waals surface area (Å²) in [4.78, 5) is 9.73. The molecule has 0 amide bonds. The molecule has 3 saturated heterocycles. The van der Waals surface area contributed by atoms with E-state index in [0.717, 1.165) is 38.3 Å². The maximum atomic E-state index is 6.02. The molecule has 1 aromatic heterocycles. The van der Waals surface area contributed by atoms with E-state index in [4.69, 9.17) is 14.2 Å². The van der Waals surface area contributed by atoms with E-state index in [9.17, 15) is 0 Å². The predicted octanol–water partition coefficient (Wildman–Crippen LogP) is 1.55. The molecule has 6 heteroatoms. The SMILES string of the molecule is CCOC1(c2nc([C@@H]3CN4CCN3CC4)no2)CCCC1. The molecule has 2 bridgehead atoms. The van der Waals surface area contributed by atoms with Gasteiger partial charge < -0.3 is 9.26 Å². The molecule has 4 fully saturated rings. The quantitative estimate of drug-likeness (QED) is 0.839. The van der Waals surface area contributed by atoms with Gasteiger partial charge in [-0.05, 0) is 32.6 Å². The third-order valence-corrected chi connectivity index (χ3v) is 5.24. The second-order valence-electron chi connectivity index (χ2n) is 6.44. The van der Waals surface area contributed by atoms with Crippen LogP contribution in [0.25, 0.3) is 0 Å². The Hall–Kier alpha value is -0.980. The molecule has 4 heterocycles. The molecule has 6 nitrogen and oxygen atoms in total. The number of hydrogen-bond donors (Lipinski definition) is 0. The molecule has 1 aromatic rings. The summed E-state index contributed by atoms with van der Waals surface area (Å²) < 4.78 is 11.7. The fraction of sp³-hybridized carbons (Fsp3) is 0.867. The van der Waals surface area contributed by atoms with Crippen LogP contribution in [0.4, 0.5) is 0 Å². The van der Waals surface area contributed by atoms with Gasteiger partial charge in [0.05, 0.1) is 6.04 Å². The largest absolute Gasteiger partial charge is 0.365 e. The lowest BCUT2D eigenvalue weighted by molar-refractivity contribution is -0.0610. The van der Waals surface area contributed by atoms with Crippen LogP contribution >= 0.6 is 0 Å². The highest BCUT2D eigenvalue weighted by Crippen LogP contribution is 2.42. The van der Waals surface area contributed by atoms with Gasteiger partial charge in [-0.2, -0.15) is 4.98 Å². The summed E-state index contributed by atoms with van der Waals surface area (Å²) in [7, 11) is 0. The van der Waals surface area contributed by atoms with Gasteiger partial charge in [0.25, 0.3) is 5.89 Å². The van der Waals surface area contributed by atoms with Crippen LogP contribution in [-0.2, 0) is 10.3 Å². The lowest BCUT2D eigenvalue weighted by Crippen LogP contribution is -2.57. The highest BCUT2D eigenvalue weighted by Gasteiger charge is 2.43. The Morgan fingerprint density at radius 2 is 2.00 bits per heavy atom. The molecule has 1 atom stereocenters. The minimum absolute atomic E-state index is 0.296. The zero-order valence-corrected chi connectivity index (χ0v) is 12.8. The van der Waals surface area contributed by atoms with E-state index >= 15 is 0 Å². The lowest BCUT2D eigenvalue weighted by Gasteiger charge is -2.46. The lowest BCUT2D eigenvalue weighted by atomic mass is 10.0. The molecule has 3 aliphatic heterocycles. The fourth-order valence-electron chi connectivity index (χ4n) is 4.06. The topological polar surface area (TPSA) is 54.6 Å². The molecule has 0 aromatic carbocycles. The van der Waals surface area contributed by atoms with E-state index < -0.39 is 0 Å². The smallest absolute Gasteiger partial charge is 0.258 e. The third kappa shape index (κ3) is 2.29. The molecule has 5 rings (SSSR count). The highest BCUT2D eigenvalue weighted by molar-refractivity contribution is 5.07. The van der Waals surface area contributed by atoms with E-state index in [1.165, 1.54) is 25.9 Å². The first-order valence-corrected chi connectivity index (χ1v) is 8.25. The van der Waals surface area contributed by atoms with Gasteiger partial charge in [-0.25, -0.2) is 0 Å². The minimum Gasteiger partial charge on any atom is -0.365 e. The summed E-state index contributed by atoms with van der Waals surface area (Å²) in [6.07, 6.45) is 4.37. The van der Waals surface area contributed by atoms with Gasteiger partial charge in [-0.1, -0.05) is 5.16 Å². The van der Waals surface area contributed by atoms with Crippen molar-refractivity contribution < 1.29 is 9.26 Å². The van der Waals surface area contributed by atoms with Crippen LogP contribution in [0.3, 0.4) is 0 Å². The van der Waals surface area contributed by atoms with Crippen LogP contribution in [0, 0.1) is 0 Å². The number of ether oxygens (including phenoxy) is 1. The Morgan fingerprint density at radius 1 is 1.24 bits per heavy atom. The molecule has 1 saturated carbocycles. The van der Waals surface area contributed by atoms with Crippen molar-refractivity contribution in [1.29, 1.82) is 0 Å². The molecular formula is C15H24N4O2. The van der Waals surface area contributed by atoms with Crippen LogP contribution in [0.1, 0.15) is 50.4 Å². The molecule has 0 spiro atoms. The van der Waals surface area contributed by atoms with Crippen molar-refractivity contribution in [3.05, 3.63) is 11.7 Å². The second kappa shape index (κ2) is 5.34. The van der Waals surface area contributed by atoms with Gasteiger partial charge in [0.2, 0.25) is 0 Å². The first-order valence-electron chi connectivity index (χ1n) is 8.25. The molecule has 116 valence electrons. The van der Waals surface area contributed by atoms with Gasteiger partial charge in [0.15, 0.2) is 5.82 Å². The zero-order chi connectivity index (χ0) is 14.3. The summed E-state index contributed by atoms with van der Waals surface area (Å²) >= 11 is 0. The van der Waals surface area contributed by atoms with E-state index in [1.54, 1.807) is 0 Å². The highest BCUT2D eigenvalue weighted by atomic mass is 16.5. The normalized spacial score (nSPS) is 34.4. The first kappa shape index (κ1) is 13.7. The van der Waals surface area contributed by atoms with Crippen molar-refractivity contribution in [1.82, 2.24) is 19.9 Å². The van der Waals surface area contributed by atoms with Crippen LogP contribution in [0.2, 0.25) is 0 Å². The summed E-state index contributed by atoms with van der Waals surface area (Å²) in [6, 6.07) is 0.296. The van der Waals surface area contributed by atoms with Crippen LogP contribution in [0.5, 0.6) is 0 Å². The Kier molecular flexibility index (Phi) is 3.47. The second-order valence-corrected chi connectivity index (χ2v) is 6.44. The van der Waals surface area contributed by atoms with Gasteiger partial charge in [0.1, 0.15) is 5.60 Å². The number of rotatable bonds is 4.